The van der Waals surface area contributed by atoms with E-state index in [9.17, 15) is 13.2 Å². The highest BCUT2D eigenvalue weighted by atomic mass is 32.2. The third-order valence-corrected chi connectivity index (χ3v) is 9.10. The molecule has 1 aliphatic rings. The van der Waals surface area contributed by atoms with E-state index in [0.717, 1.165) is 29.5 Å². The van der Waals surface area contributed by atoms with E-state index in [1.54, 1.807) is 18.2 Å². The molecule has 0 atom stereocenters. The van der Waals surface area contributed by atoms with Gasteiger partial charge in [-0.3, -0.25) is 4.79 Å². The molecule has 0 bridgehead atoms. The highest BCUT2D eigenvalue weighted by Gasteiger charge is 2.28. The van der Waals surface area contributed by atoms with Crippen molar-refractivity contribution in [3.63, 3.8) is 0 Å². The van der Waals surface area contributed by atoms with Crippen molar-refractivity contribution >= 4 is 37.5 Å². The molecule has 3 aromatic rings. The van der Waals surface area contributed by atoms with Crippen LogP contribution in [0.3, 0.4) is 0 Å². The molecule has 174 valence electrons. The number of allylic oxidation sites excluding steroid dienone is 1. The first-order valence-corrected chi connectivity index (χ1v) is 13.5. The van der Waals surface area contributed by atoms with Gasteiger partial charge in [0.2, 0.25) is 10.0 Å². The second-order valence-corrected chi connectivity index (χ2v) is 11.4. The fourth-order valence-electron chi connectivity index (χ4n) is 4.02. The van der Waals surface area contributed by atoms with Crippen molar-refractivity contribution in [2.24, 2.45) is 10.9 Å². The zero-order valence-electron chi connectivity index (χ0n) is 19.0. The molecule has 2 aromatic carbocycles. The van der Waals surface area contributed by atoms with Gasteiger partial charge in [0, 0.05) is 25.2 Å². The van der Waals surface area contributed by atoms with Gasteiger partial charge >= 0.3 is 0 Å². The summed E-state index contributed by atoms with van der Waals surface area (Å²) in [6, 6.07) is 12.4. The lowest BCUT2D eigenvalue weighted by Gasteiger charge is -2.29. The lowest BCUT2D eigenvalue weighted by atomic mass is 10.0. The summed E-state index contributed by atoms with van der Waals surface area (Å²) in [5, 5.41) is 0. The van der Waals surface area contributed by atoms with Crippen LogP contribution in [0.1, 0.15) is 42.6 Å². The summed E-state index contributed by atoms with van der Waals surface area (Å²) in [7, 11) is -3.55. The van der Waals surface area contributed by atoms with Crippen molar-refractivity contribution in [1.29, 1.82) is 0 Å². The van der Waals surface area contributed by atoms with Crippen LogP contribution in [0, 0.1) is 5.92 Å². The molecule has 2 heterocycles. The molecule has 4 rings (SSSR count). The van der Waals surface area contributed by atoms with Crippen LogP contribution < -0.4 is 4.80 Å². The van der Waals surface area contributed by atoms with Gasteiger partial charge in [-0.25, -0.2) is 8.42 Å². The molecule has 0 saturated carbocycles. The van der Waals surface area contributed by atoms with Crippen molar-refractivity contribution in [3.8, 4) is 0 Å². The maximum Gasteiger partial charge on any atom is 0.279 e. The van der Waals surface area contributed by atoms with E-state index in [1.807, 2.05) is 4.57 Å². The number of thiazole rings is 1. The Hall–Kier alpha value is -2.55. The first kappa shape index (κ1) is 23.6. The second kappa shape index (κ2) is 9.75. The minimum Gasteiger partial charge on any atom is -0.312 e. The Morgan fingerprint density at radius 2 is 1.88 bits per heavy atom. The van der Waals surface area contributed by atoms with E-state index in [2.05, 4.69) is 43.6 Å². The zero-order valence-corrected chi connectivity index (χ0v) is 20.7. The van der Waals surface area contributed by atoms with Crippen LogP contribution in [-0.2, 0) is 23.0 Å². The normalized spacial score (nSPS) is 16.4. The quantitative estimate of drug-likeness (QED) is 0.481. The van der Waals surface area contributed by atoms with Crippen LogP contribution in [-0.4, -0.2) is 36.3 Å². The number of fused-ring (bicyclic) bond motifs is 1. The van der Waals surface area contributed by atoms with Crippen molar-refractivity contribution in [3.05, 3.63) is 71.0 Å². The number of nitrogens with zero attached hydrogens (tertiary/aromatic N) is 3. The van der Waals surface area contributed by atoms with Crippen molar-refractivity contribution in [2.45, 2.75) is 44.6 Å². The lowest BCUT2D eigenvalue weighted by molar-refractivity contribution is 0.0997. The Balaban J connectivity index is 1.63. The molecule has 1 amide bonds. The van der Waals surface area contributed by atoms with E-state index >= 15 is 0 Å². The van der Waals surface area contributed by atoms with E-state index in [0.29, 0.717) is 35.9 Å². The molecular formula is C25H29N3O3S2. The van der Waals surface area contributed by atoms with Gasteiger partial charge in [-0.2, -0.15) is 9.30 Å². The minimum atomic E-state index is -3.55. The fourth-order valence-corrected chi connectivity index (χ4v) is 6.59. The summed E-state index contributed by atoms with van der Waals surface area (Å²) in [5.74, 6) is 0.148. The van der Waals surface area contributed by atoms with Gasteiger partial charge in [-0.05, 0) is 67.1 Å². The van der Waals surface area contributed by atoms with E-state index in [-0.39, 0.29) is 4.90 Å². The number of carbonyl (C=O) groups excluding carboxylic acids is 1. The molecule has 0 aliphatic carbocycles. The minimum absolute atomic E-state index is 0.212. The number of hydrogen-bond donors (Lipinski definition) is 0. The van der Waals surface area contributed by atoms with Gasteiger partial charge in [-0.1, -0.05) is 37.3 Å². The van der Waals surface area contributed by atoms with E-state index in [4.69, 9.17) is 0 Å². The summed E-state index contributed by atoms with van der Waals surface area (Å²) in [6.45, 7) is 9.70. The molecule has 1 aliphatic heterocycles. The molecule has 33 heavy (non-hydrogen) atoms. The molecular weight excluding hydrogens is 454 g/mol. The third-order valence-electron chi connectivity index (χ3n) is 6.15. The van der Waals surface area contributed by atoms with Crippen LogP contribution >= 0.6 is 11.3 Å². The van der Waals surface area contributed by atoms with Crippen molar-refractivity contribution in [1.82, 2.24) is 8.87 Å². The molecule has 8 heteroatoms. The summed E-state index contributed by atoms with van der Waals surface area (Å²) < 4.78 is 30.5. The standard InChI is InChI=1S/C25H29N3O3S2/c1-4-14-28-22-11-6-19(5-2)17-23(22)32-25(28)26-24(29)20-7-9-21(10-8-20)33(30,31)27-15-12-18(3)13-16-27/h4,6-11,17-18H,1,5,12-16H2,2-3H3. The molecule has 1 fully saturated rings. The highest BCUT2D eigenvalue weighted by molar-refractivity contribution is 7.89. The highest BCUT2D eigenvalue weighted by Crippen LogP contribution is 2.24. The van der Waals surface area contributed by atoms with Crippen molar-refractivity contribution in [2.75, 3.05) is 13.1 Å². The largest absolute Gasteiger partial charge is 0.312 e. The number of aryl methyl sites for hydroxylation is 1. The zero-order chi connectivity index (χ0) is 23.6. The van der Waals surface area contributed by atoms with Gasteiger partial charge in [0.15, 0.2) is 4.80 Å². The molecule has 1 aromatic heterocycles. The summed E-state index contributed by atoms with van der Waals surface area (Å²) in [4.78, 5) is 18.1. The number of hydrogen-bond acceptors (Lipinski definition) is 4. The molecule has 1 saturated heterocycles. The molecule has 0 unspecified atom stereocenters. The number of rotatable bonds is 6. The SMILES string of the molecule is C=CCn1c(=NC(=O)c2ccc(S(=O)(=O)N3CCC(C)CC3)cc2)sc2cc(CC)ccc21. The maximum absolute atomic E-state index is 12.9. The molecule has 0 N–H and O–H groups in total. The Bertz CT molecular complexity index is 1340. The molecule has 0 radical (unpaired) electrons. The Morgan fingerprint density at radius 1 is 1.18 bits per heavy atom. The van der Waals surface area contributed by atoms with E-state index in [1.165, 1.54) is 33.3 Å². The van der Waals surface area contributed by atoms with Gasteiger partial charge < -0.3 is 4.57 Å². The number of amides is 1. The van der Waals surface area contributed by atoms with Gasteiger partial charge in [-0.15, -0.1) is 6.58 Å². The molecule has 0 spiro atoms. The summed E-state index contributed by atoms with van der Waals surface area (Å²) in [5.41, 5.74) is 2.60. The first-order valence-electron chi connectivity index (χ1n) is 11.3. The topological polar surface area (TPSA) is 71.7 Å². The predicted molar refractivity (Wildman–Crippen MR) is 133 cm³/mol. The Kier molecular flexibility index (Phi) is 6.97. The van der Waals surface area contributed by atoms with Crippen LogP contribution in [0.4, 0.5) is 0 Å². The average Bonchev–Trinajstić information content (AvgIpc) is 3.15. The monoisotopic (exact) mass is 483 g/mol. The predicted octanol–water partition coefficient (Wildman–Crippen LogP) is 4.61. The van der Waals surface area contributed by atoms with Crippen LogP contribution in [0.5, 0.6) is 0 Å². The van der Waals surface area contributed by atoms with Crippen LogP contribution in [0.2, 0.25) is 0 Å². The van der Waals surface area contributed by atoms with Crippen LogP contribution in [0.15, 0.2) is 65.0 Å². The van der Waals surface area contributed by atoms with Gasteiger partial charge in [0.1, 0.15) is 0 Å². The van der Waals surface area contributed by atoms with Crippen molar-refractivity contribution < 1.29 is 13.2 Å². The third kappa shape index (κ3) is 4.88. The number of piperidine rings is 1. The first-order chi connectivity index (χ1) is 15.8. The number of sulfonamides is 1. The summed E-state index contributed by atoms with van der Waals surface area (Å²) in [6.07, 6.45) is 4.46. The van der Waals surface area contributed by atoms with Gasteiger partial charge in [0.25, 0.3) is 5.91 Å². The van der Waals surface area contributed by atoms with E-state index < -0.39 is 15.9 Å². The number of carbonyl (C=O) groups is 1. The average molecular weight is 484 g/mol. The maximum atomic E-state index is 12.9. The second-order valence-electron chi connectivity index (χ2n) is 8.47. The fraction of sp³-hybridized carbons (Fsp3) is 0.360. The lowest BCUT2D eigenvalue weighted by Crippen LogP contribution is -2.37. The number of benzene rings is 2. The Morgan fingerprint density at radius 3 is 2.52 bits per heavy atom. The Labute approximate surface area is 199 Å². The smallest absolute Gasteiger partial charge is 0.279 e. The summed E-state index contributed by atoms with van der Waals surface area (Å²) >= 11 is 1.47. The number of aromatic nitrogens is 1. The van der Waals surface area contributed by atoms with Gasteiger partial charge in [0.05, 0.1) is 15.1 Å². The molecule has 6 nitrogen and oxygen atoms in total. The van der Waals surface area contributed by atoms with Crippen LogP contribution in [0.25, 0.3) is 10.2 Å².